The summed E-state index contributed by atoms with van der Waals surface area (Å²) in [4.78, 5) is 0.309. The quantitative estimate of drug-likeness (QED) is 0.100. The van der Waals surface area contributed by atoms with Crippen LogP contribution < -0.4 is 0 Å². The van der Waals surface area contributed by atoms with E-state index in [4.69, 9.17) is 27.8 Å². The minimum Gasteiger partial charge on any atom is -0.414 e. The van der Waals surface area contributed by atoms with E-state index in [1.165, 1.54) is 18.4 Å². The molecule has 0 aliphatic carbocycles. The Morgan fingerprint density at radius 1 is 0.860 bits per heavy atom. The van der Waals surface area contributed by atoms with Gasteiger partial charge in [-0.05, 0) is 97.6 Å². The van der Waals surface area contributed by atoms with Gasteiger partial charge >= 0.3 is 0 Å². The van der Waals surface area contributed by atoms with Crippen molar-refractivity contribution in [3.8, 4) is 0 Å². The first-order valence-corrected chi connectivity index (χ1v) is 29.3. The molecule has 0 bridgehead atoms. The van der Waals surface area contributed by atoms with Crippen molar-refractivity contribution in [1.82, 2.24) is 0 Å². The third-order valence-electron chi connectivity index (χ3n) is 14.0. The maximum absolute atomic E-state index is 14.1. The van der Waals surface area contributed by atoms with Gasteiger partial charge in [0.1, 0.15) is 0 Å². The molecule has 0 amide bonds. The third kappa shape index (κ3) is 12.7. The average Bonchev–Trinajstić information content (AvgIpc) is 3.63. The van der Waals surface area contributed by atoms with Gasteiger partial charge in [0.2, 0.25) is 0 Å². The highest BCUT2D eigenvalue weighted by molar-refractivity contribution is 7.91. The number of benzene rings is 1. The molecule has 10 atom stereocenters. The zero-order valence-corrected chi connectivity index (χ0v) is 40.8. The van der Waals surface area contributed by atoms with Crippen molar-refractivity contribution >= 4 is 26.5 Å². The van der Waals surface area contributed by atoms with Crippen molar-refractivity contribution in [2.75, 3.05) is 19.5 Å². The van der Waals surface area contributed by atoms with Crippen LogP contribution in [0.4, 0.5) is 0 Å². The smallest absolute Gasteiger partial charge is 0.192 e. The maximum Gasteiger partial charge on any atom is 0.192 e. The van der Waals surface area contributed by atoms with Crippen molar-refractivity contribution in [3.63, 3.8) is 0 Å². The second kappa shape index (κ2) is 19.7. The minimum atomic E-state index is -3.66. The molecular weight excluding hydrogens is 769 g/mol. The first-order chi connectivity index (χ1) is 26.4. The number of hydrogen-bond acceptors (Lipinski definition) is 8. The molecule has 3 heterocycles. The largest absolute Gasteiger partial charge is 0.414 e. The standard InChI is InChI=1S/C46H80O8SSi2/c1-16-17-21-35-27-33(3)40(51-35)25-24-36-26-32(2)34(4)41(52-36)29-42-39(31-55(47,48)38-22-19-18-20-23-38)44(49-11)43(53-42)28-37(54-57(14,15)46(8,9)10)30-50-56(12,13)45(5,6)7/h18-20,22-23,32,35-37,39-44H,3-4,16-17,21,24-31H2,1-2,5-15H3/t32-,35+,36+,37+,39+,40?,41?,42+,43-,44-/m1/s1. The summed E-state index contributed by atoms with van der Waals surface area (Å²) >= 11 is 0. The molecule has 3 saturated heterocycles. The Morgan fingerprint density at radius 3 is 2.09 bits per heavy atom. The first kappa shape index (κ1) is 48.5. The lowest BCUT2D eigenvalue weighted by atomic mass is 9.83. The van der Waals surface area contributed by atoms with Crippen LogP contribution >= 0.6 is 0 Å². The fourth-order valence-corrected chi connectivity index (χ4v) is 12.3. The van der Waals surface area contributed by atoms with Crippen LogP contribution in [0.25, 0.3) is 0 Å². The van der Waals surface area contributed by atoms with Crippen LogP contribution in [0, 0.1) is 11.8 Å². The van der Waals surface area contributed by atoms with Gasteiger partial charge in [0, 0.05) is 25.9 Å². The molecule has 2 unspecified atom stereocenters. The Hall–Kier alpha value is -1.16. The van der Waals surface area contributed by atoms with Gasteiger partial charge in [-0.1, -0.05) is 99.6 Å². The Kier molecular flexibility index (Phi) is 16.8. The van der Waals surface area contributed by atoms with Crippen LogP contribution in [-0.2, 0) is 37.6 Å². The van der Waals surface area contributed by atoms with E-state index < -0.39 is 50.7 Å². The highest BCUT2D eigenvalue weighted by Crippen LogP contribution is 2.44. The van der Waals surface area contributed by atoms with Crippen molar-refractivity contribution in [1.29, 1.82) is 0 Å². The fourth-order valence-electron chi connectivity index (χ4n) is 8.19. The summed E-state index contributed by atoms with van der Waals surface area (Å²) < 4.78 is 68.8. The molecule has 1 aromatic carbocycles. The molecule has 0 aromatic heterocycles. The van der Waals surface area contributed by atoms with Crippen LogP contribution in [-0.4, -0.2) is 93.4 Å². The molecule has 3 fully saturated rings. The number of sulfone groups is 1. The van der Waals surface area contributed by atoms with Crippen molar-refractivity contribution in [2.24, 2.45) is 11.8 Å². The van der Waals surface area contributed by atoms with Gasteiger partial charge < -0.3 is 27.8 Å². The molecule has 0 N–H and O–H groups in total. The molecule has 1 aromatic rings. The Bertz CT molecular complexity index is 1570. The molecule has 4 rings (SSSR count). The van der Waals surface area contributed by atoms with Gasteiger partial charge in [-0.2, -0.15) is 0 Å². The van der Waals surface area contributed by atoms with Crippen molar-refractivity contribution in [3.05, 3.63) is 54.6 Å². The van der Waals surface area contributed by atoms with Gasteiger partial charge in [0.05, 0.1) is 66.1 Å². The number of hydrogen-bond donors (Lipinski definition) is 0. The van der Waals surface area contributed by atoms with E-state index in [-0.39, 0.29) is 52.3 Å². The van der Waals surface area contributed by atoms with Gasteiger partial charge in [-0.3, -0.25) is 0 Å². The monoisotopic (exact) mass is 849 g/mol. The van der Waals surface area contributed by atoms with E-state index in [1.807, 2.05) is 6.07 Å². The molecule has 57 heavy (non-hydrogen) atoms. The number of ether oxygens (including phenoxy) is 4. The van der Waals surface area contributed by atoms with E-state index in [0.717, 1.165) is 37.7 Å². The topological polar surface area (TPSA) is 89.5 Å². The first-order valence-electron chi connectivity index (χ1n) is 21.8. The summed E-state index contributed by atoms with van der Waals surface area (Å²) in [5.41, 5.74) is 2.24. The summed E-state index contributed by atoms with van der Waals surface area (Å²) in [5.74, 6) is -0.262. The summed E-state index contributed by atoms with van der Waals surface area (Å²) in [6, 6.07) is 8.74. The number of unbranched alkanes of at least 4 members (excludes halogenated alkanes) is 1. The summed E-state index contributed by atoms with van der Waals surface area (Å²) in [7, 11) is -6.31. The Balaban J connectivity index is 1.59. The minimum absolute atomic E-state index is 0.00590. The van der Waals surface area contributed by atoms with Crippen LogP contribution in [0.15, 0.2) is 59.5 Å². The van der Waals surface area contributed by atoms with Crippen LogP contribution in [0.3, 0.4) is 0 Å². The van der Waals surface area contributed by atoms with Crippen molar-refractivity contribution < 1.29 is 36.2 Å². The fraction of sp³-hybridized carbons (Fsp3) is 0.783. The molecule has 0 spiro atoms. The molecule has 326 valence electrons. The highest BCUT2D eigenvalue weighted by Gasteiger charge is 2.50. The van der Waals surface area contributed by atoms with Gasteiger partial charge in [-0.15, -0.1) is 0 Å². The molecule has 0 saturated carbocycles. The lowest BCUT2D eigenvalue weighted by Crippen LogP contribution is -2.49. The molecule has 8 nitrogen and oxygen atoms in total. The molecule has 0 radical (unpaired) electrons. The summed E-state index contributed by atoms with van der Waals surface area (Å²) in [6.07, 6.45) is 6.65. The van der Waals surface area contributed by atoms with E-state index >= 15 is 0 Å². The van der Waals surface area contributed by atoms with Crippen LogP contribution in [0.1, 0.15) is 113 Å². The zero-order valence-electron chi connectivity index (χ0n) is 38.0. The molecule has 3 aliphatic heterocycles. The third-order valence-corrected chi connectivity index (χ3v) is 24.8. The second-order valence-corrected chi connectivity index (χ2v) is 32.1. The van der Waals surface area contributed by atoms with Crippen molar-refractivity contribution in [2.45, 2.75) is 203 Å². The zero-order chi connectivity index (χ0) is 42.6. The lowest BCUT2D eigenvalue weighted by Gasteiger charge is -2.42. The summed E-state index contributed by atoms with van der Waals surface area (Å²) in [5, 5.41) is 0.0377. The average molecular weight is 849 g/mol. The highest BCUT2D eigenvalue weighted by atomic mass is 32.2. The SMILES string of the molecule is C=C1C[C@H](CCCC)OC1CC[C@H]1C[C@@H](C)C(=C)C(C[C@@H]2O[C@H](C[C@@H](CO[Si](C)(C)C(C)(C)C)O[Si](C)(C)C(C)(C)C)[C@H](OC)[C@H]2CS(=O)(=O)c2ccccc2)O1. The predicted octanol–water partition coefficient (Wildman–Crippen LogP) is 11.1. The number of methoxy groups -OCH3 is 1. The van der Waals surface area contributed by atoms with Gasteiger partial charge in [-0.25, -0.2) is 8.42 Å². The van der Waals surface area contributed by atoms with E-state index in [1.54, 1.807) is 31.4 Å². The Labute approximate surface area is 350 Å². The lowest BCUT2D eigenvalue weighted by molar-refractivity contribution is -0.0782. The molecular formula is C46H80O8SSi2. The van der Waals surface area contributed by atoms with E-state index in [2.05, 4.69) is 94.7 Å². The van der Waals surface area contributed by atoms with Gasteiger partial charge in [0.15, 0.2) is 26.5 Å². The normalized spacial score (nSPS) is 29.9. The molecule has 11 heteroatoms. The second-order valence-electron chi connectivity index (χ2n) is 20.5. The maximum atomic E-state index is 14.1. The van der Waals surface area contributed by atoms with E-state index in [0.29, 0.717) is 24.3 Å². The Morgan fingerprint density at radius 2 is 1.49 bits per heavy atom. The number of rotatable bonds is 19. The van der Waals surface area contributed by atoms with Crippen LogP contribution in [0.2, 0.25) is 36.3 Å². The van der Waals surface area contributed by atoms with E-state index in [9.17, 15) is 8.42 Å². The molecule has 3 aliphatic rings. The predicted molar refractivity (Wildman–Crippen MR) is 239 cm³/mol. The summed E-state index contributed by atoms with van der Waals surface area (Å²) in [6.45, 7) is 36.4. The van der Waals surface area contributed by atoms with Crippen LogP contribution in [0.5, 0.6) is 0 Å². The van der Waals surface area contributed by atoms with Gasteiger partial charge in [0.25, 0.3) is 0 Å².